The molecule has 0 bridgehead atoms. The maximum absolute atomic E-state index is 13.2. The average molecular weight is 389 g/mol. The van der Waals surface area contributed by atoms with Gasteiger partial charge in [0.25, 0.3) is 10.0 Å². The number of epoxide rings is 1. The lowest BCUT2D eigenvalue weighted by Crippen LogP contribution is -2.32. The molecule has 2 aromatic rings. The summed E-state index contributed by atoms with van der Waals surface area (Å²) in [5.74, 6) is -0.427. The Hall–Kier alpha value is -2.38. The first-order valence-electron chi connectivity index (χ1n) is 8.90. The summed E-state index contributed by atoms with van der Waals surface area (Å²) in [6.07, 6.45) is 0.726. The molecule has 6 nitrogen and oxygen atoms in total. The van der Waals surface area contributed by atoms with Gasteiger partial charge in [0.15, 0.2) is 0 Å². The number of hydrogen-bond acceptors (Lipinski definition) is 5. The summed E-state index contributed by atoms with van der Waals surface area (Å²) in [4.78, 5) is 12.1. The van der Waals surface area contributed by atoms with Gasteiger partial charge in [0.1, 0.15) is 0 Å². The maximum Gasteiger partial charge on any atom is 0.338 e. The number of rotatable bonds is 8. The van der Waals surface area contributed by atoms with E-state index in [1.807, 2.05) is 6.92 Å². The fraction of sp³-hybridized carbons (Fsp3) is 0.350. The van der Waals surface area contributed by atoms with Gasteiger partial charge in [-0.2, -0.15) is 0 Å². The van der Waals surface area contributed by atoms with Crippen LogP contribution in [-0.4, -0.2) is 40.2 Å². The average Bonchev–Trinajstić information content (AvgIpc) is 3.47. The molecule has 0 amide bonds. The van der Waals surface area contributed by atoms with Crippen LogP contribution < -0.4 is 4.31 Å². The number of aryl methyl sites for hydroxylation is 1. The van der Waals surface area contributed by atoms with Crippen molar-refractivity contribution in [3.63, 3.8) is 0 Å². The minimum absolute atomic E-state index is 0.111. The van der Waals surface area contributed by atoms with Gasteiger partial charge in [0, 0.05) is 6.54 Å². The van der Waals surface area contributed by atoms with Crippen molar-refractivity contribution in [3.05, 3.63) is 59.7 Å². The summed E-state index contributed by atoms with van der Waals surface area (Å²) in [5.41, 5.74) is 1.88. The summed E-state index contributed by atoms with van der Waals surface area (Å²) >= 11 is 0. The first-order chi connectivity index (χ1) is 12.9. The number of anilines is 1. The van der Waals surface area contributed by atoms with Crippen LogP contribution >= 0.6 is 0 Å². The second kappa shape index (κ2) is 8.10. The van der Waals surface area contributed by atoms with E-state index in [1.165, 1.54) is 4.31 Å². The van der Waals surface area contributed by atoms with Crippen LogP contribution in [0.2, 0.25) is 0 Å². The lowest BCUT2D eigenvalue weighted by Gasteiger charge is -2.24. The predicted molar refractivity (Wildman–Crippen MR) is 102 cm³/mol. The molecule has 144 valence electrons. The van der Waals surface area contributed by atoms with E-state index in [4.69, 9.17) is 9.47 Å². The van der Waals surface area contributed by atoms with E-state index < -0.39 is 16.0 Å². The van der Waals surface area contributed by atoms with Gasteiger partial charge in [-0.3, -0.25) is 4.31 Å². The third kappa shape index (κ3) is 4.67. The molecule has 0 saturated carbocycles. The van der Waals surface area contributed by atoms with Crippen molar-refractivity contribution in [1.82, 2.24) is 0 Å². The third-order valence-electron chi connectivity index (χ3n) is 4.33. The number of ether oxygens (including phenoxy) is 2. The lowest BCUT2D eigenvalue weighted by atomic mass is 10.2. The van der Waals surface area contributed by atoms with E-state index >= 15 is 0 Å². The number of hydrogen-bond donors (Lipinski definition) is 0. The molecule has 1 saturated heterocycles. The topological polar surface area (TPSA) is 76.2 Å². The minimum atomic E-state index is -3.72. The smallest absolute Gasteiger partial charge is 0.338 e. The normalized spacial score (nSPS) is 16.0. The molecule has 1 fully saturated rings. The van der Waals surface area contributed by atoms with E-state index in [-0.39, 0.29) is 17.6 Å². The first-order valence-corrected chi connectivity index (χ1v) is 10.3. The Labute approximate surface area is 159 Å². The Morgan fingerprint density at radius 3 is 2.33 bits per heavy atom. The molecule has 1 heterocycles. The van der Waals surface area contributed by atoms with Crippen molar-refractivity contribution in [2.24, 2.45) is 0 Å². The first kappa shape index (κ1) is 19.4. The highest BCUT2D eigenvalue weighted by molar-refractivity contribution is 7.92. The fourth-order valence-corrected chi connectivity index (χ4v) is 4.18. The number of benzene rings is 2. The van der Waals surface area contributed by atoms with Crippen LogP contribution in [0.3, 0.4) is 0 Å². The van der Waals surface area contributed by atoms with Gasteiger partial charge in [0.05, 0.1) is 35.5 Å². The lowest BCUT2D eigenvalue weighted by molar-refractivity contribution is 0.0526. The number of esters is 1. The molecule has 0 unspecified atom stereocenters. The zero-order valence-electron chi connectivity index (χ0n) is 15.4. The molecule has 1 aliphatic rings. The predicted octanol–water partition coefficient (Wildman–Crippen LogP) is 3.16. The highest BCUT2D eigenvalue weighted by Gasteiger charge is 2.29. The van der Waals surface area contributed by atoms with E-state index in [1.54, 1.807) is 55.5 Å². The molecule has 0 N–H and O–H groups in total. The van der Waals surface area contributed by atoms with Crippen molar-refractivity contribution in [2.45, 2.75) is 31.3 Å². The van der Waals surface area contributed by atoms with E-state index in [0.29, 0.717) is 30.8 Å². The van der Waals surface area contributed by atoms with Crippen LogP contribution in [0, 0.1) is 6.92 Å². The second-order valence-electron chi connectivity index (χ2n) is 6.40. The van der Waals surface area contributed by atoms with Gasteiger partial charge in [0.2, 0.25) is 0 Å². The van der Waals surface area contributed by atoms with E-state index in [0.717, 1.165) is 5.56 Å². The Morgan fingerprint density at radius 2 is 1.78 bits per heavy atom. The molecule has 1 atom stereocenters. The molecule has 0 aliphatic carbocycles. The Morgan fingerprint density at radius 1 is 1.15 bits per heavy atom. The van der Waals surface area contributed by atoms with E-state index in [2.05, 4.69) is 0 Å². The van der Waals surface area contributed by atoms with Crippen LogP contribution in [0.4, 0.5) is 5.69 Å². The summed E-state index contributed by atoms with van der Waals surface area (Å²) in [6.45, 7) is 4.91. The summed E-state index contributed by atoms with van der Waals surface area (Å²) in [7, 11) is -3.72. The molecule has 2 aromatic carbocycles. The van der Waals surface area contributed by atoms with Crippen LogP contribution in [0.5, 0.6) is 0 Å². The summed E-state index contributed by atoms with van der Waals surface area (Å²) in [6, 6.07) is 13.2. The Balaban J connectivity index is 1.90. The van der Waals surface area contributed by atoms with Crippen LogP contribution in [0.1, 0.15) is 29.3 Å². The zero-order valence-corrected chi connectivity index (χ0v) is 16.2. The van der Waals surface area contributed by atoms with Gasteiger partial charge < -0.3 is 9.47 Å². The summed E-state index contributed by atoms with van der Waals surface area (Å²) in [5, 5.41) is 0. The summed E-state index contributed by atoms with van der Waals surface area (Å²) < 4.78 is 38.0. The minimum Gasteiger partial charge on any atom is -0.462 e. The largest absolute Gasteiger partial charge is 0.462 e. The van der Waals surface area contributed by atoms with Gasteiger partial charge in [-0.05, 0) is 56.7 Å². The second-order valence-corrected chi connectivity index (χ2v) is 8.26. The van der Waals surface area contributed by atoms with Crippen molar-refractivity contribution >= 4 is 21.7 Å². The van der Waals surface area contributed by atoms with Crippen LogP contribution in [-0.2, 0) is 19.5 Å². The highest BCUT2D eigenvalue weighted by Crippen LogP contribution is 2.26. The zero-order chi connectivity index (χ0) is 19.4. The molecule has 7 heteroatoms. The SMILES string of the molecule is CCOC(=O)c1ccc(N(CC[C@@H]2CO2)S(=O)(=O)c2ccc(C)cc2)cc1. The molecular weight excluding hydrogens is 366 g/mol. The van der Waals surface area contributed by atoms with Crippen molar-refractivity contribution < 1.29 is 22.7 Å². The molecule has 3 rings (SSSR count). The fourth-order valence-electron chi connectivity index (χ4n) is 2.70. The quantitative estimate of drug-likeness (QED) is 0.512. The number of sulfonamides is 1. The highest BCUT2D eigenvalue weighted by atomic mass is 32.2. The van der Waals surface area contributed by atoms with Gasteiger partial charge >= 0.3 is 5.97 Å². The number of carbonyl (C=O) groups excluding carboxylic acids is 1. The van der Waals surface area contributed by atoms with E-state index in [9.17, 15) is 13.2 Å². The monoisotopic (exact) mass is 389 g/mol. The number of nitrogens with zero attached hydrogens (tertiary/aromatic N) is 1. The Kier molecular flexibility index (Phi) is 5.82. The molecule has 0 aromatic heterocycles. The maximum atomic E-state index is 13.2. The third-order valence-corrected chi connectivity index (χ3v) is 6.17. The van der Waals surface area contributed by atoms with Gasteiger partial charge in [-0.25, -0.2) is 13.2 Å². The van der Waals surface area contributed by atoms with Crippen molar-refractivity contribution in [1.29, 1.82) is 0 Å². The van der Waals surface area contributed by atoms with Crippen molar-refractivity contribution in [2.75, 3.05) is 24.1 Å². The van der Waals surface area contributed by atoms with Crippen molar-refractivity contribution in [3.8, 4) is 0 Å². The number of carbonyl (C=O) groups is 1. The van der Waals surface area contributed by atoms with Gasteiger partial charge in [-0.15, -0.1) is 0 Å². The molecule has 0 spiro atoms. The molecule has 0 radical (unpaired) electrons. The molecule has 27 heavy (non-hydrogen) atoms. The molecule has 1 aliphatic heterocycles. The van der Waals surface area contributed by atoms with Crippen LogP contribution in [0.25, 0.3) is 0 Å². The standard InChI is InChI=1S/C20H23NO5S/c1-3-25-20(22)16-6-8-17(9-7-16)21(13-12-18-14-26-18)27(23,24)19-10-4-15(2)5-11-19/h4-11,18H,3,12-14H2,1-2H3/t18-/m1/s1. The Bertz CT molecular complexity index is 887. The van der Waals surface area contributed by atoms with Gasteiger partial charge in [-0.1, -0.05) is 17.7 Å². The van der Waals surface area contributed by atoms with Crippen LogP contribution in [0.15, 0.2) is 53.4 Å². The molecular formula is C20H23NO5S.